The summed E-state index contributed by atoms with van der Waals surface area (Å²) in [5.41, 5.74) is 0. The Balaban J connectivity index is 1.99. The lowest BCUT2D eigenvalue weighted by Gasteiger charge is -2.29. The SMILES string of the molecule is CCOC(=O)CNC(=O)N1CCCCC[C@@H]1c1cccs1. The number of hydrogen-bond donors (Lipinski definition) is 1. The van der Waals surface area contributed by atoms with Gasteiger partial charge in [-0.3, -0.25) is 4.79 Å². The van der Waals surface area contributed by atoms with Gasteiger partial charge >= 0.3 is 12.0 Å². The highest BCUT2D eigenvalue weighted by molar-refractivity contribution is 7.10. The van der Waals surface area contributed by atoms with Gasteiger partial charge in [-0.25, -0.2) is 4.79 Å². The molecule has 1 fully saturated rings. The summed E-state index contributed by atoms with van der Waals surface area (Å²) in [6.45, 7) is 2.75. The Morgan fingerprint density at radius 2 is 2.29 bits per heavy atom. The number of ether oxygens (including phenoxy) is 1. The molecule has 0 bridgehead atoms. The van der Waals surface area contributed by atoms with Crippen molar-refractivity contribution in [2.45, 2.75) is 38.6 Å². The van der Waals surface area contributed by atoms with Crippen LogP contribution in [-0.2, 0) is 9.53 Å². The Hall–Kier alpha value is -1.56. The molecule has 0 unspecified atom stereocenters. The number of nitrogens with one attached hydrogen (secondary N) is 1. The van der Waals surface area contributed by atoms with Crippen molar-refractivity contribution in [3.05, 3.63) is 22.4 Å². The summed E-state index contributed by atoms with van der Waals surface area (Å²) in [4.78, 5) is 26.8. The predicted octanol–water partition coefficient (Wildman–Crippen LogP) is 2.94. The van der Waals surface area contributed by atoms with Crippen molar-refractivity contribution in [2.24, 2.45) is 0 Å². The van der Waals surface area contributed by atoms with Crippen LogP contribution in [0.2, 0.25) is 0 Å². The topological polar surface area (TPSA) is 58.6 Å². The van der Waals surface area contributed by atoms with Crippen LogP contribution in [0.25, 0.3) is 0 Å². The second-order valence-electron chi connectivity index (χ2n) is 5.04. The molecule has 1 aliphatic rings. The van der Waals surface area contributed by atoms with Crippen LogP contribution < -0.4 is 5.32 Å². The zero-order valence-electron chi connectivity index (χ0n) is 12.3. The van der Waals surface area contributed by atoms with E-state index in [9.17, 15) is 9.59 Å². The monoisotopic (exact) mass is 310 g/mol. The Morgan fingerprint density at radius 1 is 1.43 bits per heavy atom. The second kappa shape index (κ2) is 8.02. The summed E-state index contributed by atoms with van der Waals surface area (Å²) < 4.78 is 4.83. The summed E-state index contributed by atoms with van der Waals surface area (Å²) in [5, 5.41) is 4.71. The molecule has 1 aliphatic heterocycles. The molecule has 2 heterocycles. The van der Waals surface area contributed by atoms with Crippen LogP contribution in [-0.4, -0.2) is 36.6 Å². The van der Waals surface area contributed by atoms with E-state index in [1.165, 1.54) is 4.88 Å². The molecular weight excluding hydrogens is 288 g/mol. The highest BCUT2D eigenvalue weighted by atomic mass is 32.1. The van der Waals surface area contributed by atoms with Crippen LogP contribution in [0.4, 0.5) is 4.79 Å². The number of urea groups is 1. The van der Waals surface area contributed by atoms with Crippen molar-refractivity contribution in [1.82, 2.24) is 10.2 Å². The van der Waals surface area contributed by atoms with Gasteiger partial charge in [0.25, 0.3) is 0 Å². The number of hydrogen-bond acceptors (Lipinski definition) is 4. The molecule has 2 rings (SSSR count). The van der Waals surface area contributed by atoms with E-state index in [1.807, 2.05) is 16.3 Å². The molecule has 0 saturated carbocycles. The summed E-state index contributed by atoms with van der Waals surface area (Å²) in [5.74, 6) is -0.395. The Bertz CT molecular complexity index is 461. The Kier molecular flexibility index (Phi) is 6.04. The number of nitrogens with zero attached hydrogens (tertiary/aromatic N) is 1. The molecule has 116 valence electrons. The summed E-state index contributed by atoms with van der Waals surface area (Å²) >= 11 is 1.68. The zero-order valence-corrected chi connectivity index (χ0v) is 13.2. The Labute approximate surface area is 129 Å². The third kappa shape index (κ3) is 4.46. The van der Waals surface area contributed by atoms with Gasteiger partial charge in [0.05, 0.1) is 12.6 Å². The third-order valence-electron chi connectivity index (χ3n) is 3.57. The normalized spacial score (nSPS) is 18.9. The number of esters is 1. The molecule has 1 aromatic heterocycles. The molecule has 0 radical (unpaired) electrons. The molecule has 6 heteroatoms. The molecule has 0 aromatic carbocycles. The van der Waals surface area contributed by atoms with Gasteiger partial charge in [0.2, 0.25) is 0 Å². The average Bonchev–Trinajstić information content (AvgIpc) is 2.89. The van der Waals surface area contributed by atoms with Crippen LogP contribution in [0.1, 0.15) is 43.5 Å². The van der Waals surface area contributed by atoms with E-state index >= 15 is 0 Å². The zero-order chi connectivity index (χ0) is 15.1. The fourth-order valence-corrected chi connectivity index (χ4v) is 3.46. The molecule has 1 atom stereocenters. The van der Waals surface area contributed by atoms with E-state index < -0.39 is 5.97 Å². The van der Waals surface area contributed by atoms with E-state index in [1.54, 1.807) is 18.3 Å². The summed E-state index contributed by atoms with van der Waals surface area (Å²) in [7, 11) is 0. The maximum atomic E-state index is 12.4. The van der Waals surface area contributed by atoms with Crippen molar-refractivity contribution in [3.63, 3.8) is 0 Å². The lowest BCUT2D eigenvalue weighted by atomic mass is 10.1. The van der Waals surface area contributed by atoms with Crippen LogP contribution in [0.5, 0.6) is 0 Å². The van der Waals surface area contributed by atoms with Gasteiger partial charge in [0.15, 0.2) is 0 Å². The van der Waals surface area contributed by atoms with E-state index in [0.29, 0.717) is 6.61 Å². The minimum Gasteiger partial charge on any atom is -0.465 e. The standard InChI is InChI=1S/C15H22N2O3S/c1-2-20-14(18)11-16-15(19)17-9-5-3-4-7-12(17)13-8-6-10-21-13/h6,8,10,12H,2-5,7,9,11H2,1H3,(H,16,19)/t12-/m1/s1. The van der Waals surface area contributed by atoms with E-state index in [0.717, 1.165) is 32.2 Å². The Morgan fingerprint density at radius 3 is 3.00 bits per heavy atom. The van der Waals surface area contributed by atoms with Gasteiger partial charge in [-0.1, -0.05) is 18.9 Å². The summed E-state index contributed by atoms with van der Waals surface area (Å²) in [6, 6.07) is 4.03. The van der Waals surface area contributed by atoms with Gasteiger partial charge in [-0.15, -0.1) is 11.3 Å². The highest BCUT2D eigenvalue weighted by Crippen LogP contribution is 2.32. The van der Waals surface area contributed by atoms with Crippen molar-refractivity contribution in [2.75, 3.05) is 19.7 Å². The van der Waals surface area contributed by atoms with Gasteiger partial charge in [0.1, 0.15) is 6.54 Å². The molecule has 21 heavy (non-hydrogen) atoms. The maximum absolute atomic E-state index is 12.4. The van der Waals surface area contributed by atoms with Gasteiger partial charge in [-0.2, -0.15) is 0 Å². The minimum atomic E-state index is -0.395. The third-order valence-corrected chi connectivity index (χ3v) is 4.55. The fraction of sp³-hybridized carbons (Fsp3) is 0.600. The summed E-state index contributed by atoms with van der Waals surface area (Å²) in [6.07, 6.45) is 4.26. The molecule has 2 amide bonds. The molecule has 1 N–H and O–H groups in total. The fourth-order valence-electron chi connectivity index (χ4n) is 2.59. The van der Waals surface area contributed by atoms with Crippen molar-refractivity contribution in [3.8, 4) is 0 Å². The van der Waals surface area contributed by atoms with Crippen LogP contribution >= 0.6 is 11.3 Å². The second-order valence-corrected chi connectivity index (χ2v) is 6.02. The number of rotatable bonds is 4. The molecule has 0 aliphatic carbocycles. The van der Waals surface area contributed by atoms with E-state index in [4.69, 9.17) is 4.74 Å². The lowest BCUT2D eigenvalue weighted by Crippen LogP contribution is -2.44. The number of amides is 2. The smallest absolute Gasteiger partial charge is 0.325 e. The van der Waals surface area contributed by atoms with Crippen molar-refractivity contribution in [1.29, 1.82) is 0 Å². The maximum Gasteiger partial charge on any atom is 0.325 e. The van der Waals surface area contributed by atoms with Crippen LogP contribution in [0, 0.1) is 0 Å². The van der Waals surface area contributed by atoms with E-state index in [2.05, 4.69) is 11.4 Å². The minimum absolute atomic E-state index is 0.0691. The quantitative estimate of drug-likeness (QED) is 0.870. The van der Waals surface area contributed by atoms with Gasteiger partial charge < -0.3 is 15.0 Å². The number of likely N-dealkylation sites (tertiary alicyclic amines) is 1. The first-order valence-corrected chi connectivity index (χ1v) is 8.34. The average molecular weight is 310 g/mol. The first-order valence-electron chi connectivity index (χ1n) is 7.46. The highest BCUT2D eigenvalue weighted by Gasteiger charge is 2.27. The van der Waals surface area contributed by atoms with Crippen molar-refractivity contribution < 1.29 is 14.3 Å². The largest absolute Gasteiger partial charge is 0.465 e. The van der Waals surface area contributed by atoms with Crippen LogP contribution in [0.15, 0.2) is 17.5 Å². The first-order chi connectivity index (χ1) is 10.2. The number of carbonyl (C=O) groups excluding carboxylic acids is 2. The first kappa shape index (κ1) is 15.8. The van der Waals surface area contributed by atoms with Crippen LogP contribution in [0.3, 0.4) is 0 Å². The molecule has 1 saturated heterocycles. The van der Waals surface area contributed by atoms with Gasteiger partial charge in [0, 0.05) is 11.4 Å². The molecular formula is C15H22N2O3S. The van der Waals surface area contributed by atoms with Crippen molar-refractivity contribution >= 4 is 23.3 Å². The predicted molar refractivity (Wildman–Crippen MR) is 82.3 cm³/mol. The molecule has 1 aromatic rings. The molecule has 0 spiro atoms. The lowest BCUT2D eigenvalue weighted by molar-refractivity contribution is -0.141. The molecule has 5 nitrogen and oxygen atoms in total. The number of carbonyl (C=O) groups is 2. The van der Waals surface area contributed by atoms with E-state index in [-0.39, 0.29) is 18.6 Å². The number of thiophene rings is 1. The van der Waals surface area contributed by atoms with Gasteiger partial charge in [-0.05, 0) is 31.2 Å².